The van der Waals surface area contributed by atoms with E-state index in [1.807, 2.05) is 30.3 Å². The van der Waals surface area contributed by atoms with Gasteiger partial charge in [0.2, 0.25) is 0 Å². The molecule has 0 aliphatic carbocycles. The quantitative estimate of drug-likeness (QED) is 0.870. The van der Waals surface area contributed by atoms with Crippen LogP contribution in [0.25, 0.3) is 11.1 Å². The van der Waals surface area contributed by atoms with E-state index in [4.69, 9.17) is 22.1 Å². The molecule has 0 aliphatic rings. The first-order chi connectivity index (χ1) is 8.65. The highest BCUT2D eigenvalue weighted by Gasteiger charge is 2.23. The molecule has 1 heterocycles. The highest BCUT2D eigenvalue weighted by molar-refractivity contribution is 7.20. The second-order valence-corrected chi connectivity index (χ2v) is 5.23. The Morgan fingerprint density at radius 1 is 1.39 bits per heavy atom. The van der Waals surface area contributed by atoms with Gasteiger partial charge in [-0.05, 0) is 12.5 Å². The van der Waals surface area contributed by atoms with E-state index < -0.39 is 5.97 Å². The van der Waals surface area contributed by atoms with Crippen molar-refractivity contribution in [2.75, 3.05) is 12.3 Å². The van der Waals surface area contributed by atoms with Crippen molar-refractivity contribution < 1.29 is 9.53 Å². The molecule has 0 saturated carbocycles. The van der Waals surface area contributed by atoms with Crippen molar-refractivity contribution in [2.24, 2.45) is 0 Å². The molecule has 0 atom stereocenters. The van der Waals surface area contributed by atoms with Crippen LogP contribution in [0, 0.1) is 0 Å². The predicted molar refractivity (Wildman–Crippen MR) is 75.1 cm³/mol. The van der Waals surface area contributed by atoms with E-state index in [0.717, 1.165) is 5.56 Å². The maximum atomic E-state index is 11.9. The minimum Gasteiger partial charge on any atom is -0.462 e. The van der Waals surface area contributed by atoms with Crippen LogP contribution in [-0.4, -0.2) is 12.6 Å². The SMILES string of the molecule is CCOC(=O)c1c(N)sc(Cl)c1-c1ccccc1. The van der Waals surface area contributed by atoms with E-state index >= 15 is 0 Å². The number of anilines is 1. The first kappa shape index (κ1) is 12.9. The molecule has 0 fully saturated rings. The summed E-state index contributed by atoms with van der Waals surface area (Å²) >= 11 is 7.35. The van der Waals surface area contributed by atoms with Gasteiger partial charge in [-0.1, -0.05) is 41.9 Å². The molecule has 18 heavy (non-hydrogen) atoms. The van der Waals surface area contributed by atoms with Crippen molar-refractivity contribution in [3.63, 3.8) is 0 Å². The highest BCUT2D eigenvalue weighted by atomic mass is 35.5. The van der Waals surface area contributed by atoms with Gasteiger partial charge in [0.1, 0.15) is 14.9 Å². The summed E-state index contributed by atoms with van der Waals surface area (Å²) in [6.07, 6.45) is 0. The smallest absolute Gasteiger partial charge is 0.341 e. The fourth-order valence-corrected chi connectivity index (χ4v) is 2.94. The molecule has 2 N–H and O–H groups in total. The zero-order valence-corrected chi connectivity index (χ0v) is 11.3. The number of carbonyl (C=O) groups excluding carboxylic acids is 1. The molecular formula is C13H12ClNO2S. The largest absolute Gasteiger partial charge is 0.462 e. The number of benzene rings is 1. The molecule has 0 bridgehead atoms. The number of esters is 1. The zero-order chi connectivity index (χ0) is 13.1. The van der Waals surface area contributed by atoms with E-state index in [0.29, 0.717) is 27.1 Å². The van der Waals surface area contributed by atoms with Gasteiger partial charge in [0.15, 0.2) is 0 Å². The third-order valence-corrected chi connectivity index (χ3v) is 3.66. The van der Waals surface area contributed by atoms with Gasteiger partial charge in [-0.25, -0.2) is 4.79 Å². The summed E-state index contributed by atoms with van der Waals surface area (Å²) in [7, 11) is 0. The Kier molecular flexibility index (Phi) is 3.89. The number of hydrogen-bond donors (Lipinski definition) is 1. The number of thiophene rings is 1. The van der Waals surface area contributed by atoms with Crippen molar-refractivity contribution in [2.45, 2.75) is 6.92 Å². The first-order valence-electron chi connectivity index (χ1n) is 5.45. The van der Waals surface area contributed by atoms with Crippen LogP contribution in [0.2, 0.25) is 4.34 Å². The average molecular weight is 282 g/mol. The van der Waals surface area contributed by atoms with E-state index in [9.17, 15) is 4.79 Å². The molecule has 0 saturated heterocycles. The molecule has 0 amide bonds. The van der Waals surface area contributed by atoms with E-state index in [-0.39, 0.29) is 0 Å². The molecule has 0 spiro atoms. The third kappa shape index (κ3) is 2.35. The van der Waals surface area contributed by atoms with Crippen molar-refractivity contribution in [1.82, 2.24) is 0 Å². The standard InChI is InChI=1S/C13H12ClNO2S/c1-2-17-13(16)10-9(11(14)18-12(10)15)8-6-4-3-5-7-8/h3-7H,2,15H2,1H3. The summed E-state index contributed by atoms with van der Waals surface area (Å²) in [4.78, 5) is 11.9. The van der Waals surface area contributed by atoms with E-state index in [1.165, 1.54) is 11.3 Å². The Morgan fingerprint density at radius 3 is 2.67 bits per heavy atom. The Morgan fingerprint density at radius 2 is 2.06 bits per heavy atom. The summed E-state index contributed by atoms with van der Waals surface area (Å²) in [6, 6.07) is 9.44. The van der Waals surface area contributed by atoms with Crippen LogP contribution >= 0.6 is 22.9 Å². The van der Waals surface area contributed by atoms with Gasteiger partial charge in [0, 0.05) is 5.56 Å². The predicted octanol–water partition coefficient (Wildman–Crippen LogP) is 3.83. The molecule has 5 heteroatoms. The highest BCUT2D eigenvalue weighted by Crippen LogP contribution is 2.42. The maximum Gasteiger partial charge on any atom is 0.341 e. The molecule has 0 aliphatic heterocycles. The number of nitrogen functional groups attached to an aromatic ring is 1. The van der Waals surface area contributed by atoms with Gasteiger partial charge in [0.25, 0.3) is 0 Å². The fraction of sp³-hybridized carbons (Fsp3) is 0.154. The number of rotatable bonds is 3. The molecular weight excluding hydrogens is 270 g/mol. The van der Waals surface area contributed by atoms with E-state index in [1.54, 1.807) is 6.92 Å². The van der Waals surface area contributed by atoms with Gasteiger partial charge in [-0.15, -0.1) is 11.3 Å². The fourth-order valence-electron chi connectivity index (χ4n) is 1.69. The molecule has 3 nitrogen and oxygen atoms in total. The molecule has 0 unspecified atom stereocenters. The summed E-state index contributed by atoms with van der Waals surface area (Å²) < 4.78 is 5.51. The monoisotopic (exact) mass is 281 g/mol. The molecule has 2 rings (SSSR count). The zero-order valence-electron chi connectivity index (χ0n) is 9.77. The second-order valence-electron chi connectivity index (χ2n) is 3.58. The van der Waals surface area contributed by atoms with Gasteiger partial charge in [-0.2, -0.15) is 0 Å². The third-order valence-electron chi connectivity index (χ3n) is 2.43. The average Bonchev–Trinajstić information content (AvgIpc) is 2.65. The van der Waals surface area contributed by atoms with Crippen LogP contribution in [0.15, 0.2) is 30.3 Å². The van der Waals surface area contributed by atoms with Crippen LogP contribution in [0.3, 0.4) is 0 Å². The van der Waals surface area contributed by atoms with Crippen molar-refractivity contribution >= 4 is 33.9 Å². The van der Waals surface area contributed by atoms with Gasteiger partial charge in [-0.3, -0.25) is 0 Å². The number of ether oxygens (including phenoxy) is 1. The molecule has 1 aromatic heterocycles. The van der Waals surface area contributed by atoms with Crippen LogP contribution in [0.1, 0.15) is 17.3 Å². The first-order valence-corrected chi connectivity index (χ1v) is 6.65. The summed E-state index contributed by atoms with van der Waals surface area (Å²) in [5.41, 5.74) is 7.71. The lowest BCUT2D eigenvalue weighted by Crippen LogP contribution is -2.07. The Labute approximate surface area is 114 Å². The normalized spacial score (nSPS) is 10.3. The summed E-state index contributed by atoms with van der Waals surface area (Å²) in [6.45, 7) is 2.06. The lowest BCUT2D eigenvalue weighted by Gasteiger charge is -2.05. The van der Waals surface area contributed by atoms with Gasteiger partial charge < -0.3 is 10.5 Å². The van der Waals surface area contributed by atoms with Crippen LogP contribution < -0.4 is 5.73 Å². The lowest BCUT2D eigenvalue weighted by molar-refractivity contribution is 0.0529. The minimum absolute atomic E-state index is 0.306. The van der Waals surface area contributed by atoms with Crippen molar-refractivity contribution in [1.29, 1.82) is 0 Å². The van der Waals surface area contributed by atoms with Gasteiger partial charge >= 0.3 is 5.97 Å². The van der Waals surface area contributed by atoms with Crippen molar-refractivity contribution in [3.8, 4) is 11.1 Å². The lowest BCUT2D eigenvalue weighted by atomic mass is 10.0. The van der Waals surface area contributed by atoms with Gasteiger partial charge in [0.05, 0.1) is 6.61 Å². The summed E-state index contributed by atoms with van der Waals surface area (Å²) in [5, 5.41) is 0.386. The topological polar surface area (TPSA) is 52.3 Å². The molecule has 2 aromatic rings. The van der Waals surface area contributed by atoms with Crippen LogP contribution in [-0.2, 0) is 4.74 Å². The second kappa shape index (κ2) is 5.42. The molecule has 1 aromatic carbocycles. The Balaban J connectivity index is 2.57. The number of carbonyl (C=O) groups is 1. The number of hydrogen-bond acceptors (Lipinski definition) is 4. The summed E-state index contributed by atoms with van der Waals surface area (Å²) in [5.74, 6) is -0.433. The molecule has 94 valence electrons. The van der Waals surface area contributed by atoms with Crippen LogP contribution in [0.5, 0.6) is 0 Å². The number of halogens is 1. The Hall–Kier alpha value is -1.52. The Bertz CT molecular complexity index is 566. The van der Waals surface area contributed by atoms with E-state index in [2.05, 4.69) is 0 Å². The number of nitrogens with two attached hydrogens (primary N) is 1. The van der Waals surface area contributed by atoms with Crippen molar-refractivity contribution in [3.05, 3.63) is 40.2 Å². The van der Waals surface area contributed by atoms with Crippen LogP contribution in [0.4, 0.5) is 5.00 Å². The maximum absolute atomic E-state index is 11.9. The minimum atomic E-state index is -0.433. The molecule has 0 radical (unpaired) electrons.